The zero-order valence-corrected chi connectivity index (χ0v) is 14.4. The Kier molecular flexibility index (Phi) is 5.51. The number of carbonyl (C=O) groups is 2. The number of nitrogens with zero attached hydrogens (tertiary/aromatic N) is 2. The maximum Gasteiger partial charge on any atom is 0.254 e. The summed E-state index contributed by atoms with van der Waals surface area (Å²) in [6.45, 7) is 5.19. The van der Waals surface area contributed by atoms with Crippen molar-refractivity contribution in [2.24, 2.45) is 0 Å². The van der Waals surface area contributed by atoms with Gasteiger partial charge < -0.3 is 14.5 Å². The molecule has 2 amide bonds. The van der Waals surface area contributed by atoms with E-state index in [1.165, 1.54) is 5.56 Å². The van der Waals surface area contributed by atoms with E-state index in [-0.39, 0.29) is 17.9 Å². The number of carbonyl (C=O) groups excluding carboxylic acids is 2. The zero-order valence-electron chi connectivity index (χ0n) is 14.4. The Labute approximate surface area is 143 Å². The van der Waals surface area contributed by atoms with Crippen molar-refractivity contribution >= 4 is 11.8 Å². The Morgan fingerprint density at radius 1 is 1.08 bits per heavy atom. The van der Waals surface area contributed by atoms with E-state index in [1.54, 1.807) is 4.90 Å². The maximum atomic E-state index is 12.9. The van der Waals surface area contributed by atoms with Gasteiger partial charge in [-0.05, 0) is 43.4 Å². The molecule has 5 nitrogen and oxygen atoms in total. The van der Waals surface area contributed by atoms with Crippen LogP contribution in [0.4, 0.5) is 0 Å². The number of ether oxygens (including phenoxy) is 1. The standard InChI is InChI=1S/C19H26N2O3/c1-2-15-6-8-16(9-7-15)18(22)21-10-4-3-5-17(21)19(23)20-11-13-24-14-12-20/h6-9,17H,2-5,10-14H2,1H3. The first kappa shape index (κ1) is 17.0. The highest BCUT2D eigenvalue weighted by molar-refractivity contribution is 5.97. The summed E-state index contributed by atoms with van der Waals surface area (Å²) in [5, 5.41) is 0. The molecular weight excluding hydrogens is 304 g/mol. The summed E-state index contributed by atoms with van der Waals surface area (Å²) in [6.07, 6.45) is 3.68. The van der Waals surface area contributed by atoms with Crippen molar-refractivity contribution in [2.75, 3.05) is 32.8 Å². The first-order valence-electron chi connectivity index (χ1n) is 8.97. The average molecular weight is 330 g/mol. The highest BCUT2D eigenvalue weighted by atomic mass is 16.5. The lowest BCUT2D eigenvalue weighted by Crippen LogP contribution is -2.55. The summed E-state index contributed by atoms with van der Waals surface area (Å²) in [4.78, 5) is 29.4. The molecule has 2 aliphatic rings. The highest BCUT2D eigenvalue weighted by Gasteiger charge is 2.35. The second kappa shape index (κ2) is 7.79. The molecule has 0 aromatic heterocycles. The molecule has 0 aliphatic carbocycles. The molecule has 2 heterocycles. The normalized spacial score (nSPS) is 21.6. The molecule has 1 atom stereocenters. The molecule has 1 aromatic carbocycles. The highest BCUT2D eigenvalue weighted by Crippen LogP contribution is 2.22. The van der Waals surface area contributed by atoms with Crippen LogP contribution < -0.4 is 0 Å². The number of benzene rings is 1. The van der Waals surface area contributed by atoms with E-state index in [4.69, 9.17) is 4.74 Å². The van der Waals surface area contributed by atoms with Gasteiger partial charge in [-0.25, -0.2) is 0 Å². The summed E-state index contributed by atoms with van der Waals surface area (Å²) in [7, 11) is 0. The third-order valence-electron chi connectivity index (χ3n) is 4.98. The summed E-state index contributed by atoms with van der Waals surface area (Å²) in [5.41, 5.74) is 1.89. The van der Waals surface area contributed by atoms with Gasteiger partial charge in [0.25, 0.3) is 5.91 Å². The second-order valence-electron chi connectivity index (χ2n) is 6.50. The fraction of sp³-hybridized carbons (Fsp3) is 0.579. The molecule has 1 aromatic rings. The number of amides is 2. The molecule has 24 heavy (non-hydrogen) atoms. The summed E-state index contributed by atoms with van der Waals surface area (Å²) < 4.78 is 5.33. The van der Waals surface area contributed by atoms with Crippen LogP contribution in [0.25, 0.3) is 0 Å². The van der Waals surface area contributed by atoms with Gasteiger partial charge in [0.1, 0.15) is 6.04 Å². The van der Waals surface area contributed by atoms with E-state index < -0.39 is 0 Å². The lowest BCUT2D eigenvalue weighted by atomic mass is 9.99. The van der Waals surface area contributed by atoms with Gasteiger partial charge in [-0.15, -0.1) is 0 Å². The van der Waals surface area contributed by atoms with Crippen LogP contribution in [-0.2, 0) is 16.0 Å². The van der Waals surface area contributed by atoms with E-state index in [0.29, 0.717) is 38.4 Å². The van der Waals surface area contributed by atoms with Crippen LogP contribution in [0.3, 0.4) is 0 Å². The van der Waals surface area contributed by atoms with Gasteiger partial charge in [0.05, 0.1) is 13.2 Å². The lowest BCUT2D eigenvalue weighted by Gasteiger charge is -2.38. The molecular formula is C19H26N2O3. The van der Waals surface area contributed by atoms with Crippen molar-refractivity contribution < 1.29 is 14.3 Å². The van der Waals surface area contributed by atoms with Crippen LogP contribution in [0, 0.1) is 0 Å². The van der Waals surface area contributed by atoms with Crippen molar-refractivity contribution in [3.63, 3.8) is 0 Å². The number of hydrogen-bond acceptors (Lipinski definition) is 3. The maximum absolute atomic E-state index is 12.9. The number of piperidine rings is 1. The van der Waals surface area contributed by atoms with E-state index >= 15 is 0 Å². The molecule has 2 saturated heterocycles. The molecule has 0 saturated carbocycles. The van der Waals surface area contributed by atoms with Gasteiger partial charge in [-0.3, -0.25) is 9.59 Å². The van der Waals surface area contributed by atoms with Gasteiger partial charge in [-0.2, -0.15) is 0 Å². The topological polar surface area (TPSA) is 49.9 Å². The Bertz CT molecular complexity index is 579. The van der Waals surface area contributed by atoms with Crippen LogP contribution in [0.5, 0.6) is 0 Å². The van der Waals surface area contributed by atoms with E-state index in [2.05, 4.69) is 6.92 Å². The molecule has 2 fully saturated rings. The van der Waals surface area contributed by atoms with Crippen LogP contribution in [-0.4, -0.2) is 60.5 Å². The van der Waals surface area contributed by atoms with Gasteiger partial charge in [-0.1, -0.05) is 19.1 Å². The Morgan fingerprint density at radius 2 is 1.79 bits per heavy atom. The largest absolute Gasteiger partial charge is 0.378 e. The number of rotatable bonds is 3. The van der Waals surface area contributed by atoms with Crippen molar-refractivity contribution in [1.29, 1.82) is 0 Å². The molecule has 2 aliphatic heterocycles. The molecule has 0 N–H and O–H groups in total. The van der Waals surface area contributed by atoms with E-state index in [0.717, 1.165) is 25.7 Å². The minimum absolute atomic E-state index is 0.0241. The minimum Gasteiger partial charge on any atom is -0.378 e. The van der Waals surface area contributed by atoms with Crippen molar-refractivity contribution in [3.05, 3.63) is 35.4 Å². The predicted molar refractivity (Wildman–Crippen MR) is 91.9 cm³/mol. The first-order valence-corrected chi connectivity index (χ1v) is 8.97. The van der Waals surface area contributed by atoms with Gasteiger partial charge >= 0.3 is 0 Å². The molecule has 0 radical (unpaired) electrons. The van der Waals surface area contributed by atoms with Crippen molar-refractivity contribution in [3.8, 4) is 0 Å². The van der Waals surface area contributed by atoms with Gasteiger partial charge in [0.2, 0.25) is 5.91 Å². The number of hydrogen-bond donors (Lipinski definition) is 0. The van der Waals surface area contributed by atoms with Gasteiger partial charge in [0, 0.05) is 25.2 Å². The third kappa shape index (κ3) is 3.61. The van der Waals surface area contributed by atoms with E-state index in [9.17, 15) is 9.59 Å². The number of morpholine rings is 1. The molecule has 0 spiro atoms. The Hall–Kier alpha value is -1.88. The number of aryl methyl sites for hydroxylation is 1. The zero-order chi connectivity index (χ0) is 16.9. The monoisotopic (exact) mass is 330 g/mol. The van der Waals surface area contributed by atoms with Crippen molar-refractivity contribution in [2.45, 2.75) is 38.6 Å². The minimum atomic E-state index is -0.324. The van der Waals surface area contributed by atoms with Crippen LogP contribution >= 0.6 is 0 Å². The summed E-state index contributed by atoms with van der Waals surface area (Å²) >= 11 is 0. The van der Waals surface area contributed by atoms with Gasteiger partial charge in [0.15, 0.2) is 0 Å². The Morgan fingerprint density at radius 3 is 2.46 bits per heavy atom. The fourth-order valence-corrected chi connectivity index (χ4v) is 3.47. The summed E-state index contributed by atoms with van der Waals surface area (Å²) in [6, 6.07) is 7.43. The molecule has 130 valence electrons. The fourth-order valence-electron chi connectivity index (χ4n) is 3.47. The Balaban J connectivity index is 1.75. The predicted octanol–water partition coefficient (Wildman–Crippen LogP) is 2.10. The molecule has 0 bridgehead atoms. The number of likely N-dealkylation sites (tertiary alicyclic amines) is 1. The molecule has 3 rings (SSSR count). The molecule has 1 unspecified atom stereocenters. The van der Waals surface area contributed by atoms with Crippen LogP contribution in [0.1, 0.15) is 42.1 Å². The first-order chi connectivity index (χ1) is 11.7. The van der Waals surface area contributed by atoms with E-state index in [1.807, 2.05) is 29.2 Å². The molecule has 5 heteroatoms. The smallest absolute Gasteiger partial charge is 0.254 e. The lowest BCUT2D eigenvalue weighted by molar-refractivity contribution is -0.141. The van der Waals surface area contributed by atoms with Crippen molar-refractivity contribution in [1.82, 2.24) is 9.80 Å². The quantitative estimate of drug-likeness (QED) is 0.853. The average Bonchev–Trinajstić information content (AvgIpc) is 2.67. The second-order valence-corrected chi connectivity index (χ2v) is 6.50. The SMILES string of the molecule is CCc1ccc(C(=O)N2CCCCC2C(=O)N2CCOCC2)cc1. The van der Waals surface area contributed by atoms with Crippen LogP contribution in [0.2, 0.25) is 0 Å². The van der Waals surface area contributed by atoms with Crippen LogP contribution in [0.15, 0.2) is 24.3 Å². The summed E-state index contributed by atoms with van der Waals surface area (Å²) in [5.74, 6) is 0.0560. The third-order valence-corrected chi connectivity index (χ3v) is 4.98.